The van der Waals surface area contributed by atoms with Crippen molar-refractivity contribution in [2.24, 2.45) is 7.05 Å². The number of fused-ring (bicyclic) bond motifs is 1. The minimum absolute atomic E-state index is 0.169. The molecule has 1 saturated heterocycles. The first-order chi connectivity index (χ1) is 20.2. The summed E-state index contributed by atoms with van der Waals surface area (Å²) >= 11 is 0. The fourth-order valence-corrected chi connectivity index (χ4v) is 4.96. The predicted molar refractivity (Wildman–Crippen MR) is 156 cm³/mol. The van der Waals surface area contributed by atoms with E-state index in [9.17, 15) is 18.4 Å². The second-order valence-electron chi connectivity index (χ2n) is 10.1. The number of anilines is 3. The summed E-state index contributed by atoms with van der Waals surface area (Å²) in [6.07, 6.45) is 4.57. The number of ether oxygens (including phenoxy) is 2. The normalized spacial score (nSPS) is 14.0. The number of likely N-dealkylation sites (tertiary alicyclic amines) is 1. The maximum atomic E-state index is 14.1. The van der Waals surface area contributed by atoms with E-state index in [1.54, 1.807) is 13.2 Å². The van der Waals surface area contributed by atoms with Gasteiger partial charge in [-0.2, -0.15) is 4.98 Å². The summed E-state index contributed by atoms with van der Waals surface area (Å²) in [7, 11) is 5.13. The molecular formula is C30H30F2N6O4. The number of methoxy groups -OCH3 is 1. The number of piperidine rings is 1. The van der Waals surface area contributed by atoms with Crippen LogP contribution < -0.4 is 25.7 Å². The van der Waals surface area contributed by atoms with Gasteiger partial charge in [-0.05, 0) is 80.9 Å². The Kier molecular flexibility index (Phi) is 8.16. The molecule has 1 amide bonds. The third kappa shape index (κ3) is 5.93. The zero-order valence-corrected chi connectivity index (χ0v) is 23.4. The minimum Gasteiger partial charge on any atom is -0.495 e. The molecule has 0 saturated carbocycles. The number of carbonyl (C=O) groups excluding carboxylic acids is 1. The van der Waals surface area contributed by atoms with Crippen LogP contribution in [0.1, 0.15) is 24.3 Å². The van der Waals surface area contributed by atoms with Gasteiger partial charge in [0, 0.05) is 30.4 Å². The number of benzene rings is 2. The van der Waals surface area contributed by atoms with E-state index in [1.165, 1.54) is 30.0 Å². The van der Waals surface area contributed by atoms with Gasteiger partial charge < -0.3 is 25.0 Å². The third-order valence-electron chi connectivity index (χ3n) is 7.25. The Hall–Kier alpha value is -4.84. The topological polar surface area (TPSA) is 111 Å². The molecule has 1 aliphatic heterocycles. The largest absolute Gasteiger partial charge is 0.495 e. The van der Waals surface area contributed by atoms with Crippen LogP contribution in [0.2, 0.25) is 0 Å². The Bertz CT molecular complexity index is 1730. The van der Waals surface area contributed by atoms with Crippen molar-refractivity contribution in [1.82, 2.24) is 19.4 Å². The van der Waals surface area contributed by atoms with E-state index < -0.39 is 17.2 Å². The molecule has 218 valence electrons. The van der Waals surface area contributed by atoms with Crippen molar-refractivity contribution in [2.75, 3.05) is 37.9 Å². The van der Waals surface area contributed by atoms with Crippen LogP contribution in [0, 0.1) is 11.6 Å². The number of amides is 1. The van der Waals surface area contributed by atoms with E-state index in [0.29, 0.717) is 28.6 Å². The molecule has 0 spiro atoms. The molecule has 0 aliphatic carbocycles. The Morgan fingerprint density at radius 1 is 1.07 bits per heavy atom. The fourth-order valence-electron chi connectivity index (χ4n) is 4.96. The number of rotatable bonds is 8. The van der Waals surface area contributed by atoms with E-state index in [1.807, 2.05) is 6.07 Å². The van der Waals surface area contributed by atoms with Crippen molar-refractivity contribution in [2.45, 2.75) is 18.8 Å². The molecular weight excluding hydrogens is 546 g/mol. The number of nitrogens with one attached hydrogen (secondary N) is 2. The number of pyridine rings is 1. The molecule has 5 rings (SSSR count). The molecule has 1 aliphatic rings. The standard InChI is InChI=1S/C30H30F2N6O4/c1-5-27(39)34-22-15-23(25(41-4)14-20(22)17-8-10-37(2)11-9-17)35-30-33-16-18-12-26(29(40)38(3)28(18)36-30)42-24-7-6-19(31)13-21(24)32/h5-7,12-17H,1,8-11H2,2-4H3,(H,34,39)(H,33,35,36). The van der Waals surface area contributed by atoms with Gasteiger partial charge in [-0.25, -0.2) is 13.8 Å². The lowest BCUT2D eigenvalue weighted by Crippen LogP contribution is -2.29. The summed E-state index contributed by atoms with van der Waals surface area (Å²) in [5.41, 5.74) is 1.80. The first kappa shape index (κ1) is 28.7. The third-order valence-corrected chi connectivity index (χ3v) is 7.25. The summed E-state index contributed by atoms with van der Waals surface area (Å²) < 4.78 is 39.8. The number of halogens is 2. The number of hydrogen-bond donors (Lipinski definition) is 2. The SMILES string of the molecule is C=CC(=O)Nc1cc(Nc2ncc3cc(Oc4ccc(F)cc4F)c(=O)n(C)c3n2)c(OC)cc1C1CCN(C)CC1. The molecule has 0 atom stereocenters. The maximum Gasteiger partial charge on any atom is 0.294 e. The average molecular weight is 577 g/mol. The molecule has 3 heterocycles. The van der Waals surface area contributed by atoms with Gasteiger partial charge in [0.05, 0.1) is 12.8 Å². The highest BCUT2D eigenvalue weighted by molar-refractivity contribution is 6.00. The summed E-state index contributed by atoms with van der Waals surface area (Å²) in [5, 5.41) is 6.49. The van der Waals surface area contributed by atoms with Gasteiger partial charge in [-0.3, -0.25) is 14.2 Å². The van der Waals surface area contributed by atoms with E-state index in [0.717, 1.165) is 43.6 Å². The predicted octanol–water partition coefficient (Wildman–Crippen LogP) is 5.08. The van der Waals surface area contributed by atoms with Gasteiger partial charge in [0.25, 0.3) is 5.56 Å². The molecule has 2 N–H and O–H groups in total. The van der Waals surface area contributed by atoms with E-state index in [2.05, 4.69) is 39.1 Å². The zero-order chi connectivity index (χ0) is 30.0. The van der Waals surface area contributed by atoms with Gasteiger partial charge >= 0.3 is 0 Å². The number of nitrogens with zero attached hydrogens (tertiary/aromatic N) is 4. The molecule has 12 heteroatoms. The Balaban J connectivity index is 1.49. The number of hydrogen-bond acceptors (Lipinski definition) is 8. The second-order valence-corrected chi connectivity index (χ2v) is 10.1. The van der Waals surface area contributed by atoms with Crippen LogP contribution in [0.15, 0.2) is 60.0 Å². The van der Waals surface area contributed by atoms with Crippen LogP contribution in [0.25, 0.3) is 11.0 Å². The van der Waals surface area contributed by atoms with Crippen molar-refractivity contribution in [3.63, 3.8) is 0 Å². The molecule has 0 bridgehead atoms. The van der Waals surface area contributed by atoms with Gasteiger partial charge in [0.1, 0.15) is 17.2 Å². The summed E-state index contributed by atoms with van der Waals surface area (Å²) in [4.78, 5) is 36.4. The van der Waals surface area contributed by atoms with Gasteiger partial charge in [-0.1, -0.05) is 6.58 Å². The Morgan fingerprint density at radius 3 is 2.52 bits per heavy atom. The van der Waals surface area contributed by atoms with Crippen molar-refractivity contribution in [3.05, 3.63) is 82.8 Å². The lowest BCUT2D eigenvalue weighted by atomic mass is 9.88. The monoisotopic (exact) mass is 576 g/mol. The average Bonchev–Trinajstić information content (AvgIpc) is 2.98. The maximum absolute atomic E-state index is 14.1. The van der Waals surface area contributed by atoms with Crippen LogP contribution in [0.4, 0.5) is 26.1 Å². The number of aryl methyl sites for hydroxylation is 1. The van der Waals surface area contributed by atoms with Crippen molar-refractivity contribution in [3.8, 4) is 17.2 Å². The van der Waals surface area contributed by atoms with Crippen molar-refractivity contribution in [1.29, 1.82) is 0 Å². The first-order valence-corrected chi connectivity index (χ1v) is 13.3. The quantitative estimate of drug-likeness (QED) is 0.279. The highest BCUT2D eigenvalue weighted by atomic mass is 19.1. The van der Waals surface area contributed by atoms with Crippen LogP contribution >= 0.6 is 0 Å². The molecule has 0 unspecified atom stereocenters. The molecule has 0 radical (unpaired) electrons. The van der Waals surface area contributed by atoms with E-state index >= 15 is 0 Å². The molecule has 10 nitrogen and oxygen atoms in total. The van der Waals surface area contributed by atoms with Gasteiger partial charge in [0.15, 0.2) is 17.3 Å². The molecule has 2 aromatic heterocycles. The molecule has 42 heavy (non-hydrogen) atoms. The Morgan fingerprint density at radius 2 is 1.83 bits per heavy atom. The molecule has 1 fully saturated rings. The second kappa shape index (κ2) is 12.0. The number of aromatic nitrogens is 3. The molecule has 4 aromatic rings. The number of carbonyl (C=O) groups is 1. The van der Waals surface area contributed by atoms with Crippen LogP contribution in [-0.2, 0) is 11.8 Å². The minimum atomic E-state index is -0.938. The van der Waals surface area contributed by atoms with Crippen LogP contribution in [-0.4, -0.2) is 52.6 Å². The molecule has 2 aromatic carbocycles. The summed E-state index contributed by atoms with van der Waals surface area (Å²) in [6, 6.07) is 7.89. The smallest absolute Gasteiger partial charge is 0.294 e. The van der Waals surface area contributed by atoms with Crippen molar-refractivity contribution >= 4 is 34.3 Å². The van der Waals surface area contributed by atoms with Gasteiger partial charge in [0.2, 0.25) is 11.9 Å². The zero-order valence-electron chi connectivity index (χ0n) is 23.4. The van der Waals surface area contributed by atoms with Crippen LogP contribution in [0.5, 0.6) is 17.2 Å². The van der Waals surface area contributed by atoms with Crippen molar-refractivity contribution < 1.29 is 23.0 Å². The lowest BCUT2D eigenvalue weighted by molar-refractivity contribution is -0.111. The fraction of sp³-hybridized carbons (Fsp3) is 0.267. The summed E-state index contributed by atoms with van der Waals surface area (Å²) in [5.74, 6) is -1.57. The highest BCUT2D eigenvalue weighted by Crippen LogP contribution is 2.40. The lowest BCUT2D eigenvalue weighted by Gasteiger charge is -2.31. The first-order valence-electron chi connectivity index (χ1n) is 13.3. The Labute approximate surface area is 240 Å². The summed E-state index contributed by atoms with van der Waals surface area (Å²) in [6.45, 7) is 5.45. The highest BCUT2D eigenvalue weighted by Gasteiger charge is 2.24. The van der Waals surface area contributed by atoms with E-state index in [-0.39, 0.29) is 34.9 Å². The van der Waals surface area contributed by atoms with Crippen LogP contribution in [0.3, 0.4) is 0 Å². The van der Waals surface area contributed by atoms with E-state index in [4.69, 9.17) is 9.47 Å². The van der Waals surface area contributed by atoms with Gasteiger partial charge in [-0.15, -0.1) is 0 Å².